The zero-order valence-electron chi connectivity index (χ0n) is 30.4. The van der Waals surface area contributed by atoms with Gasteiger partial charge in [-0.15, -0.1) is 0 Å². The first-order valence-corrected chi connectivity index (χ1v) is 18.9. The fourth-order valence-corrected chi connectivity index (χ4v) is 6.97. The van der Waals surface area contributed by atoms with Crippen molar-refractivity contribution in [2.75, 3.05) is 37.6 Å². The van der Waals surface area contributed by atoms with Crippen molar-refractivity contribution in [1.82, 2.24) is 0 Å². The molecule has 2 amide bonds. The number of benzene rings is 5. The molecule has 0 saturated carbocycles. The lowest BCUT2D eigenvalue weighted by molar-refractivity contribution is -0.118. The van der Waals surface area contributed by atoms with E-state index >= 15 is 0 Å². The molecule has 18 heteroatoms. The highest BCUT2D eigenvalue weighted by atomic mass is 35.5. The Labute approximate surface area is 354 Å². The van der Waals surface area contributed by atoms with Crippen LogP contribution in [-0.2, 0) is 9.59 Å². The summed E-state index contributed by atoms with van der Waals surface area (Å²) in [5.41, 5.74) is 0.265. The van der Waals surface area contributed by atoms with E-state index in [1.165, 1.54) is 49.6 Å². The van der Waals surface area contributed by atoms with Crippen molar-refractivity contribution in [2.45, 2.75) is 12.2 Å². The number of halogens is 4. The Morgan fingerprint density at radius 1 is 0.746 bits per heavy atom. The minimum Gasteiger partial charge on any atom is -0.507 e. The number of ether oxygens (including phenoxy) is 5. The second-order valence-electron chi connectivity index (χ2n) is 12.8. The van der Waals surface area contributed by atoms with E-state index in [1.54, 1.807) is 36.4 Å². The van der Waals surface area contributed by atoms with Crippen LogP contribution in [0.5, 0.6) is 40.2 Å². The third-order valence-corrected chi connectivity index (χ3v) is 9.93. The van der Waals surface area contributed by atoms with Crippen LogP contribution in [-0.4, -0.2) is 60.2 Å². The van der Waals surface area contributed by atoms with Crippen molar-refractivity contribution in [2.24, 2.45) is 0 Å². The molecule has 6 aromatic rings. The molecule has 5 aromatic carbocycles. The zero-order valence-corrected chi connectivity index (χ0v) is 33.4. The average molecular weight is 885 g/mol. The molecule has 14 nitrogen and oxygen atoms in total. The molecule has 1 aromatic heterocycles. The minimum atomic E-state index is -0.936. The molecule has 0 radical (unpaired) electrons. The van der Waals surface area contributed by atoms with Crippen LogP contribution in [0.4, 0.5) is 11.4 Å². The molecule has 0 spiro atoms. The van der Waals surface area contributed by atoms with Crippen LogP contribution in [0.25, 0.3) is 22.3 Å². The second-order valence-corrected chi connectivity index (χ2v) is 14.5. The van der Waals surface area contributed by atoms with Crippen LogP contribution in [0.1, 0.15) is 11.7 Å². The first kappa shape index (κ1) is 41.1. The van der Waals surface area contributed by atoms with Crippen molar-refractivity contribution in [1.29, 1.82) is 0 Å². The van der Waals surface area contributed by atoms with Gasteiger partial charge in [0.05, 0.1) is 35.1 Å². The number of phenolic OH excluding ortho intramolecular Hbond substituents is 1. The number of aromatic hydroxyl groups is 2. The maximum atomic E-state index is 13.3. The van der Waals surface area contributed by atoms with E-state index in [0.717, 1.165) is 6.07 Å². The Hall–Kier alpha value is -6.03. The summed E-state index contributed by atoms with van der Waals surface area (Å²) >= 11 is 24.1. The normalized spacial score (nSPS) is 14.4. The fraction of sp³-hybridized carbons (Fsp3) is 0.146. The Morgan fingerprint density at radius 2 is 1.41 bits per heavy atom. The number of anilines is 2. The zero-order chi connectivity index (χ0) is 42.0. The topological polar surface area (TPSA) is 195 Å². The number of hydrogen-bond donors (Lipinski definition) is 5. The molecular formula is C41H30Cl4N2O12. The van der Waals surface area contributed by atoms with Crippen LogP contribution >= 0.6 is 46.4 Å². The van der Waals surface area contributed by atoms with Crippen molar-refractivity contribution < 1.29 is 53.0 Å². The highest BCUT2D eigenvalue weighted by Gasteiger charge is 2.34. The first-order valence-electron chi connectivity index (χ1n) is 17.4. The van der Waals surface area contributed by atoms with Crippen molar-refractivity contribution in [3.63, 3.8) is 0 Å². The molecule has 0 fully saturated rings. The number of phenols is 1. The monoisotopic (exact) mass is 882 g/mol. The van der Waals surface area contributed by atoms with Crippen LogP contribution in [0, 0.1) is 0 Å². The van der Waals surface area contributed by atoms with E-state index in [0.29, 0.717) is 27.0 Å². The maximum Gasteiger partial charge on any atom is 0.262 e. The summed E-state index contributed by atoms with van der Waals surface area (Å²) in [4.78, 5) is 38.5. The summed E-state index contributed by atoms with van der Waals surface area (Å²) in [6, 6.07) is 20.9. The van der Waals surface area contributed by atoms with Gasteiger partial charge < -0.3 is 54.1 Å². The molecular weight excluding hydrogens is 854 g/mol. The fourth-order valence-electron chi connectivity index (χ4n) is 6.06. The number of methoxy groups -OCH3 is 1. The predicted molar refractivity (Wildman–Crippen MR) is 220 cm³/mol. The number of carbonyl (C=O) groups is 2. The highest BCUT2D eigenvalue weighted by molar-refractivity contribution is 6.37. The van der Waals surface area contributed by atoms with Gasteiger partial charge in [0, 0.05) is 33.3 Å². The second kappa shape index (κ2) is 17.4. The van der Waals surface area contributed by atoms with E-state index in [2.05, 4.69) is 10.6 Å². The van der Waals surface area contributed by atoms with Gasteiger partial charge in [0.15, 0.2) is 54.2 Å². The number of rotatable bonds is 12. The van der Waals surface area contributed by atoms with E-state index < -0.39 is 54.2 Å². The van der Waals surface area contributed by atoms with Gasteiger partial charge in [-0.3, -0.25) is 14.4 Å². The molecule has 2 unspecified atom stereocenters. The third kappa shape index (κ3) is 9.02. The highest BCUT2D eigenvalue weighted by Crippen LogP contribution is 2.45. The lowest BCUT2D eigenvalue weighted by Gasteiger charge is -2.33. The summed E-state index contributed by atoms with van der Waals surface area (Å²) in [6.07, 6.45) is -1.78. The van der Waals surface area contributed by atoms with E-state index in [1.807, 2.05) is 0 Å². The molecule has 2 atom stereocenters. The van der Waals surface area contributed by atoms with Gasteiger partial charge in [0.1, 0.15) is 22.5 Å². The van der Waals surface area contributed by atoms with E-state index in [9.17, 15) is 29.7 Å². The van der Waals surface area contributed by atoms with Gasteiger partial charge in [-0.1, -0.05) is 52.5 Å². The summed E-state index contributed by atoms with van der Waals surface area (Å²) in [6.45, 7) is -1.32. The molecule has 2 heterocycles. The standard InChI is InChI=1S/C41H30Cl4N2O12/c1-54-31-10-19(2-8-29(31)56-18-36(51)47-27-7-5-22(43)13-25(27)45)40-34(16-48)57-30-9-3-20(11-32(30)58-40)41-39(53)38(52)37-28(49)14-23(15-33(37)59-41)55-17-35(50)46-26-6-4-21(42)12-24(26)44/h2-15,34,40,48-49,53H,16-18H2,1H3,(H,46,50)(H,47,51). The molecule has 59 heavy (non-hydrogen) atoms. The third-order valence-electron chi connectivity index (χ3n) is 8.84. The molecule has 5 N–H and O–H groups in total. The smallest absolute Gasteiger partial charge is 0.262 e. The number of amides is 2. The molecule has 304 valence electrons. The Balaban J connectivity index is 1.09. The lowest BCUT2D eigenvalue weighted by Crippen LogP contribution is -2.36. The van der Waals surface area contributed by atoms with E-state index in [4.69, 9.17) is 74.5 Å². The number of fused-ring (bicyclic) bond motifs is 2. The first-order chi connectivity index (χ1) is 28.3. The number of aliphatic hydroxyl groups excluding tert-OH is 1. The quantitative estimate of drug-likeness (QED) is 0.0789. The van der Waals surface area contributed by atoms with Crippen molar-refractivity contribution in [3.8, 4) is 51.6 Å². The van der Waals surface area contributed by atoms with Gasteiger partial charge in [0.2, 0.25) is 11.2 Å². The van der Waals surface area contributed by atoms with Gasteiger partial charge in [-0.25, -0.2) is 0 Å². The minimum absolute atomic E-state index is 0.0230. The number of carbonyl (C=O) groups excluding carboxylic acids is 2. The van der Waals surface area contributed by atoms with Crippen molar-refractivity contribution >= 4 is 80.6 Å². The van der Waals surface area contributed by atoms with Crippen LogP contribution in [0.15, 0.2) is 94.1 Å². The Bertz CT molecular complexity index is 2670. The lowest BCUT2D eigenvalue weighted by atomic mass is 10.0. The Morgan fingerprint density at radius 3 is 2.03 bits per heavy atom. The predicted octanol–water partition coefficient (Wildman–Crippen LogP) is 8.40. The van der Waals surface area contributed by atoms with Gasteiger partial charge in [-0.2, -0.15) is 0 Å². The number of nitrogens with one attached hydrogen (secondary N) is 2. The Kier molecular flexibility index (Phi) is 12.2. The molecule has 1 aliphatic heterocycles. The van der Waals surface area contributed by atoms with Gasteiger partial charge in [0.25, 0.3) is 11.8 Å². The average Bonchev–Trinajstić information content (AvgIpc) is 3.21. The molecule has 0 saturated heterocycles. The van der Waals surface area contributed by atoms with Crippen molar-refractivity contribution in [3.05, 3.63) is 121 Å². The summed E-state index contributed by atoms with van der Waals surface area (Å²) < 4.78 is 35.2. The maximum absolute atomic E-state index is 13.3. The SMILES string of the molecule is COc1cc(C2Oc3cc(-c4oc5cc(OCC(=O)Nc6ccc(Cl)cc6Cl)cc(O)c5c(=O)c4O)ccc3OC2CO)ccc1OCC(=O)Nc1ccc(Cl)cc1Cl. The summed E-state index contributed by atoms with van der Waals surface area (Å²) in [5.74, 6) is -1.82. The molecule has 1 aliphatic rings. The van der Waals surface area contributed by atoms with Crippen LogP contribution < -0.4 is 39.7 Å². The largest absolute Gasteiger partial charge is 0.507 e. The molecule has 0 bridgehead atoms. The van der Waals surface area contributed by atoms with Crippen LogP contribution in [0.3, 0.4) is 0 Å². The van der Waals surface area contributed by atoms with Gasteiger partial charge in [-0.05, 0) is 66.7 Å². The number of aliphatic hydroxyl groups is 1. The van der Waals surface area contributed by atoms with Crippen LogP contribution in [0.2, 0.25) is 20.1 Å². The molecule has 7 rings (SSSR count). The summed E-state index contributed by atoms with van der Waals surface area (Å²) in [5, 5.41) is 38.2. The van der Waals surface area contributed by atoms with Gasteiger partial charge >= 0.3 is 0 Å². The summed E-state index contributed by atoms with van der Waals surface area (Å²) in [7, 11) is 1.41. The molecule has 0 aliphatic carbocycles. The van der Waals surface area contributed by atoms with E-state index in [-0.39, 0.29) is 67.7 Å². The number of hydrogen-bond acceptors (Lipinski definition) is 12.